The van der Waals surface area contributed by atoms with E-state index < -0.39 is 0 Å². The van der Waals surface area contributed by atoms with Crippen LogP contribution in [0.3, 0.4) is 0 Å². The largest absolute Gasteiger partial charge is 0.364 e. The van der Waals surface area contributed by atoms with Crippen LogP contribution in [-0.4, -0.2) is 12.2 Å². The lowest BCUT2D eigenvalue weighted by Crippen LogP contribution is -2.41. The van der Waals surface area contributed by atoms with Crippen LogP contribution < -0.4 is 15.3 Å². The van der Waals surface area contributed by atoms with E-state index in [0.717, 1.165) is 12.1 Å². The molecule has 4 aromatic carbocycles. The van der Waals surface area contributed by atoms with Crippen molar-refractivity contribution in [2.24, 2.45) is 5.92 Å². The Hall–Kier alpha value is -4.66. The smallest absolute Gasteiger partial charge is 0.0946 e. The zero-order valence-corrected chi connectivity index (χ0v) is 22.2. The maximum Gasteiger partial charge on any atom is 0.0946 e. The Kier molecular flexibility index (Phi) is 5.53. The lowest BCUT2D eigenvalue weighted by Gasteiger charge is -2.32. The third-order valence-electron chi connectivity index (χ3n) is 8.55. The van der Waals surface area contributed by atoms with E-state index in [4.69, 9.17) is 4.74 Å². The molecule has 0 bridgehead atoms. The van der Waals surface area contributed by atoms with E-state index in [1.165, 1.54) is 49.7 Å². The van der Waals surface area contributed by atoms with Crippen molar-refractivity contribution in [3.63, 3.8) is 0 Å². The highest BCUT2D eigenvalue weighted by molar-refractivity contribution is 5.86. The van der Waals surface area contributed by atoms with E-state index in [2.05, 4.69) is 151 Å². The Morgan fingerprint density at radius 3 is 2.25 bits per heavy atom. The van der Waals surface area contributed by atoms with Crippen molar-refractivity contribution >= 4 is 22.5 Å². The molecule has 1 fully saturated rings. The predicted molar refractivity (Wildman–Crippen MR) is 164 cm³/mol. The van der Waals surface area contributed by atoms with Gasteiger partial charge in [-0.1, -0.05) is 121 Å². The second kappa shape index (κ2) is 9.51. The molecule has 1 heterocycles. The SMILES string of the molecule is C1=CC2=c3ccccc3=C3C4=CC=C(N(c5ccccc5)c5ccccc5-c5ccccc5)C[C@@H]4O[C@@H]3C2C=C1. The first-order valence-electron chi connectivity index (χ1n) is 14.1. The van der Waals surface area contributed by atoms with Crippen LogP contribution in [0, 0.1) is 5.92 Å². The van der Waals surface area contributed by atoms with Crippen molar-refractivity contribution in [2.75, 3.05) is 4.90 Å². The second-order valence-corrected chi connectivity index (χ2v) is 10.8. The molecule has 0 saturated carbocycles. The number of hydrogen-bond donors (Lipinski definition) is 0. The summed E-state index contributed by atoms with van der Waals surface area (Å²) >= 11 is 0. The van der Waals surface area contributed by atoms with Gasteiger partial charge in [0.2, 0.25) is 0 Å². The van der Waals surface area contributed by atoms with Gasteiger partial charge in [0.25, 0.3) is 0 Å². The van der Waals surface area contributed by atoms with Gasteiger partial charge in [0.05, 0.1) is 17.9 Å². The molecule has 3 atom stereocenters. The molecule has 4 aliphatic rings. The summed E-state index contributed by atoms with van der Waals surface area (Å²) in [5.74, 6) is 0.244. The van der Waals surface area contributed by atoms with Crippen LogP contribution in [0.1, 0.15) is 6.42 Å². The Bertz CT molecular complexity index is 1860. The van der Waals surface area contributed by atoms with Crippen LogP contribution in [0.5, 0.6) is 0 Å². The van der Waals surface area contributed by atoms with Crippen molar-refractivity contribution in [3.05, 3.63) is 167 Å². The van der Waals surface area contributed by atoms with Gasteiger partial charge < -0.3 is 9.64 Å². The second-order valence-electron chi connectivity index (χ2n) is 10.8. The number of allylic oxidation sites excluding steroid dienone is 5. The Labute approximate surface area is 234 Å². The molecule has 1 unspecified atom stereocenters. The molecule has 0 spiro atoms. The fourth-order valence-electron chi connectivity index (χ4n) is 6.82. The van der Waals surface area contributed by atoms with Gasteiger partial charge in [-0.25, -0.2) is 0 Å². The number of fused-ring (bicyclic) bond motifs is 6. The van der Waals surface area contributed by atoms with Gasteiger partial charge in [-0.3, -0.25) is 0 Å². The third-order valence-corrected chi connectivity index (χ3v) is 8.55. The molecule has 2 nitrogen and oxygen atoms in total. The molecule has 1 saturated heterocycles. The van der Waals surface area contributed by atoms with Crippen LogP contribution in [0.15, 0.2) is 157 Å². The highest BCUT2D eigenvalue weighted by Gasteiger charge is 2.43. The van der Waals surface area contributed by atoms with Crippen molar-refractivity contribution in [1.82, 2.24) is 0 Å². The van der Waals surface area contributed by atoms with Crippen molar-refractivity contribution in [1.29, 1.82) is 0 Å². The molecule has 4 aromatic rings. The number of nitrogens with zero attached hydrogens (tertiary/aromatic N) is 1. The Morgan fingerprint density at radius 1 is 0.675 bits per heavy atom. The summed E-state index contributed by atoms with van der Waals surface area (Å²) in [6.07, 6.45) is 14.4. The normalized spacial score (nSPS) is 22.1. The molecule has 40 heavy (non-hydrogen) atoms. The van der Waals surface area contributed by atoms with Gasteiger partial charge in [-0.2, -0.15) is 0 Å². The number of rotatable bonds is 4. The topological polar surface area (TPSA) is 12.5 Å². The zero-order chi connectivity index (χ0) is 26.5. The lowest BCUT2D eigenvalue weighted by atomic mass is 9.78. The molecular weight excluding hydrogens is 486 g/mol. The molecule has 3 aliphatic carbocycles. The minimum absolute atomic E-state index is 0.0156. The number of hydrogen-bond acceptors (Lipinski definition) is 2. The standard InChI is InChI=1S/C38H29NO/c1-3-13-26(14-4-1)29-17-11-12-22-35(29)39(27-15-5-2-6-16-27)28-23-24-34-36(25-28)40-38-33-21-10-8-19-31(33)30-18-7-9-20-32(30)37(34)38/h1-24,33,36,38H,25H2/t33?,36-,38+/m0/s1. The maximum absolute atomic E-state index is 6.98. The van der Waals surface area contributed by atoms with Crippen molar-refractivity contribution in [2.45, 2.75) is 18.6 Å². The summed E-state index contributed by atoms with van der Waals surface area (Å²) in [7, 11) is 0. The summed E-state index contributed by atoms with van der Waals surface area (Å²) in [6, 6.07) is 38.9. The van der Waals surface area contributed by atoms with Crippen LogP contribution in [0.4, 0.5) is 11.4 Å². The van der Waals surface area contributed by atoms with E-state index in [-0.39, 0.29) is 18.1 Å². The van der Waals surface area contributed by atoms with E-state index in [0.29, 0.717) is 0 Å². The summed E-state index contributed by atoms with van der Waals surface area (Å²) in [5, 5.41) is 2.65. The first-order chi connectivity index (χ1) is 19.9. The van der Waals surface area contributed by atoms with Gasteiger partial charge in [0.15, 0.2) is 0 Å². The number of benzene rings is 4. The highest BCUT2D eigenvalue weighted by atomic mass is 16.5. The Balaban J connectivity index is 1.29. The van der Waals surface area contributed by atoms with E-state index >= 15 is 0 Å². The molecule has 8 rings (SSSR count). The highest BCUT2D eigenvalue weighted by Crippen LogP contribution is 2.47. The predicted octanol–water partition coefficient (Wildman–Crippen LogP) is 7.23. The first kappa shape index (κ1) is 23.2. The molecule has 0 radical (unpaired) electrons. The minimum Gasteiger partial charge on any atom is -0.364 e. The fraction of sp³-hybridized carbons (Fsp3) is 0.105. The third kappa shape index (κ3) is 3.68. The minimum atomic E-state index is 0.0156. The fourth-order valence-corrected chi connectivity index (χ4v) is 6.82. The molecule has 0 amide bonds. The molecule has 0 aromatic heterocycles. The van der Waals surface area contributed by atoms with E-state index in [9.17, 15) is 0 Å². The van der Waals surface area contributed by atoms with E-state index in [1.54, 1.807) is 0 Å². The van der Waals surface area contributed by atoms with Crippen molar-refractivity contribution in [3.8, 4) is 11.1 Å². The van der Waals surface area contributed by atoms with Crippen LogP contribution in [0.2, 0.25) is 0 Å². The zero-order valence-electron chi connectivity index (χ0n) is 22.2. The van der Waals surface area contributed by atoms with Crippen molar-refractivity contribution < 1.29 is 4.74 Å². The lowest BCUT2D eigenvalue weighted by molar-refractivity contribution is 0.0557. The molecule has 0 N–H and O–H groups in total. The van der Waals surface area contributed by atoms with Gasteiger partial charge in [0.1, 0.15) is 0 Å². The Morgan fingerprint density at radius 2 is 1.40 bits per heavy atom. The monoisotopic (exact) mass is 515 g/mol. The van der Waals surface area contributed by atoms with E-state index in [1.807, 2.05) is 0 Å². The molecule has 2 heteroatoms. The van der Waals surface area contributed by atoms with Gasteiger partial charge in [-0.15, -0.1) is 0 Å². The molecule has 1 aliphatic heterocycles. The summed E-state index contributed by atoms with van der Waals surface area (Å²) in [4.78, 5) is 2.42. The number of ether oxygens (including phenoxy) is 1. The molecular formula is C38H29NO. The van der Waals surface area contributed by atoms with Crippen LogP contribution in [-0.2, 0) is 4.74 Å². The number of anilines is 2. The summed E-state index contributed by atoms with van der Waals surface area (Å²) < 4.78 is 6.98. The van der Waals surface area contributed by atoms with Gasteiger partial charge >= 0.3 is 0 Å². The van der Waals surface area contributed by atoms with Crippen LogP contribution in [0.25, 0.3) is 22.3 Å². The van der Waals surface area contributed by atoms with Crippen LogP contribution >= 0.6 is 0 Å². The first-order valence-corrected chi connectivity index (χ1v) is 14.1. The number of para-hydroxylation sites is 2. The average molecular weight is 516 g/mol. The summed E-state index contributed by atoms with van der Waals surface area (Å²) in [5.41, 5.74) is 10.0. The van der Waals surface area contributed by atoms with Gasteiger partial charge in [-0.05, 0) is 57.0 Å². The maximum atomic E-state index is 6.98. The quantitative estimate of drug-likeness (QED) is 0.284. The average Bonchev–Trinajstić information content (AvgIpc) is 3.42. The summed E-state index contributed by atoms with van der Waals surface area (Å²) in [6.45, 7) is 0. The molecule has 192 valence electrons. The van der Waals surface area contributed by atoms with Gasteiger partial charge in [0, 0.05) is 29.3 Å².